The van der Waals surface area contributed by atoms with Crippen molar-refractivity contribution in [3.8, 4) is 11.1 Å². The number of likely N-dealkylation sites (tertiary alicyclic amines) is 1. The number of carbonyl (C=O) groups is 1. The number of hydrogen-bond acceptors (Lipinski definition) is 3. The fraction of sp³-hybridized carbons (Fsp3) is 0.471. The van der Waals surface area contributed by atoms with Crippen molar-refractivity contribution < 1.29 is 4.79 Å². The molecule has 3 heterocycles. The first-order valence-electron chi connectivity index (χ1n) is 7.89. The fourth-order valence-corrected chi connectivity index (χ4v) is 3.12. The van der Waals surface area contributed by atoms with Crippen LogP contribution in [-0.2, 0) is 4.79 Å². The molecule has 0 saturated carbocycles. The number of rotatable bonds is 3. The van der Waals surface area contributed by atoms with Crippen LogP contribution in [0.4, 0.5) is 0 Å². The first kappa shape index (κ1) is 14.8. The Bertz CT molecular complexity index is 627. The number of aromatic amines is 1. The molecule has 1 fully saturated rings. The van der Waals surface area contributed by atoms with E-state index in [1.807, 2.05) is 37.1 Å². The SMILES string of the molecule is CC(C)C(=O)N1CCC(c2[nH]ncc2-c2ccncc2)CC1. The number of nitrogens with one attached hydrogen (secondary N) is 1. The third-order valence-corrected chi connectivity index (χ3v) is 4.37. The molecule has 0 unspecified atom stereocenters. The van der Waals surface area contributed by atoms with E-state index in [1.54, 1.807) is 12.4 Å². The van der Waals surface area contributed by atoms with Crippen molar-refractivity contribution in [2.75, 3.05) is 13.1 Å². The summed E-state index contributed by atoms with van der Waals surface area (Å²) in [5, 5.41) is 7.40. The molecule has 0 radical (unpaired) electrons. The molecule has 116 valence electrons. The lowest BCUT2D eigenvalue weighted by Crippen LogP contribution is -2.40. The first-order chi connectivity index (χ1) is 10.7. The number of carbonyl (C=O) groups excluding carboxylic acids is 1. The Kier molecular flexibility index (Phi) is 4.22. The molecule has 1 N–H and O–H groups in total. The van der Waals surface area contributed by atoms with Gasteiger partial charge in [0.2, 0.25) is 5.91 Å². The molecule has 0 atom stereocenters. The maximum atomic E-state index is 12.1. The predicted molar refractivity (Wildman–Crippen MR) is 85.2 cm³/mol. The molecule has 1 aliphatic heterocycles. The van der Waals surface area contributed by atoms with Crippen molar-refractivity contribution >= 4 is 5.91 Å². The zero-order chi connectivity index (χ0) is 15.5. The lowest BCUT2D eigenvalue weighted by Gasteiger charge is -2.33. The van der Waals surface area contributed by atoms with E-state index in [0.717, 1.165) is 37.1 Å². The van der Waals surface area contributed by atoms with Gasteiger partial charge < -0.3 is 4.90 Å². The molecular formula is C17H22N4O. The largest absolute Gasteiger partial charge is 0.342 e. The van der Waals surface area contributed by atoms with Crippen molar-refractivity contribution in [2.24, 2.45) is 5.92 Å². The van der Waals surface area contributed by atoms with Crippen LogP contribution in [0.25, 0.3) is 11.1 Å². The van der Waals surface area contributed by atoms with Gasteiger partial charge >= 0.3 is 0 Å². The van der Waals surface area contributed by atoms with E-state index in [-0.39, 0.29) is 11.8 Å². The van der Waals surface area contributed by atoms with Crippen molar-refractivity contribution in [1.82, 2.24) is 20.1 Å². The minimum absolute atomic E-state index is 0.0797. The molecular weight excluding hydrogens is 276 g/mol. The van der Waals surface area contributed by atoms with Gasteiger partial charge in [-0.3, -0.25) is 14.9 Å². The maximum Gasteiger partial charge on any atom is 0.225 e. The van der Waals surface area contributed by atoms with E-state index in [4.69, 9.17) is 0 Å². The number of piperidine rings is 1. The van der Waals surface area contributed by atoms with E-state index in [9.17, 15) is 4.79 Å². The van der Waals surface area contributed by atoms with Gasteiger partial charge in [-0.05, 0) is 30.5 Å². The Balaban J connectivity index is 1.73. The standard InChI is InChI=1S/C17H22N4O/c1-12(2)17(22)21-9-5-14(6-10-21)16-15(11-19-20-16)13-3-7-18-8-4-13/h3-4,7-8,11-12,14H,5-6,9-10H2,1-2H3,(H,19,20). The minimum atomic E-state index is 0.0797. The van der Waals surface area contributed by atoms with Crippen molar-refractivity contribution in [2.45, 2.75) is 32.6 Å². The zero-order valence-electron chi connectivity index (χ0n) is 13.1. The van der Waals surface area contributed by atoms with Crippen LogP contribution in [0.5, 0.6) is 0 Å². The average Bonchev–Trinajstić information content (AvgIpc) is 3.04. The van der Waals surface area contributed by atoms with Gasteiger partial charge in [-0.15, -0.1) is 0 Å². The van der Waals surface area contributed by atoms with Crippen LogP contribution in [0.3, 0.4) is 0 Å². The fourth-order valence-electron chi connectivity index (χ4n) is 3.12. The summed E-state index contributed by atoms with van der Waals surface area (Å²) in [7, 11) is 0. The summed E-state index contributed by atoms with van der Waals surface area (Å²) < 4.78 is 0. The summed E-state index contributed by atoms with van der Waals surface area (Å²) in [6.45, 7) is 5.59. The van der Waals surface area contributed by atoms with Crippen LogP contribution in [0.15, 0.2) is 30.7 Å². The Morgan fingerprint density at radius 2 is 1.95 bits per heavy atom. The number of aromatic nitrogens is 3. The smallest absolute Gasteiger partial charge is 0.225 e. The van der Waals surface area contributed by atoms with Crippen molar-refractivity contribution in [3.05, 3.63) is 36.4 Å². The molecule has 22 heavy (non-hydrogen) atoms. The second-order valence-electron chi connectivity index (χ2n) is 6.19. The molecule has 5 heteroatoms. The Labute approximate surface area is 130 Å². The van der Waals surface area contributed by atoms with Gasteiger partial charge in [0.15, 0.2) is 0 Å². The first-order valence-corrected chi connectivity index (χ1v) is 7.89. The molecule has 1 saturated heterocycles. The molecule has 1 amide bonds. The van der Waals surface area contributed by atoms with Gasteiger partial charge in [-0.1, -0.05) is 13.8 Å². The molecule has 0 aromatic carbocycles. The van der Waals surface area contributed by atoms with E-state index in [0.29, 0.717) is 5.92 Å². The van der Waals surface area contributed by atoms with Gasteiger partial charge in [0.05, 0.1) is 6.20 Å². The predicted octanol–water partition coefficient (Wildman–Crippen LogP) is 2.83. The molecule has 2 aromatic rings. The van der Waals surface area contributed by atoms with Crippen LogP contribution in [0.1, 0.15) is 38.3 Å². The Hall–Kier alpha value is -2.17. The molecule has 2 aromatic heterocycles. The lowest BCUT2D eigenvalue weighted by molar-refractivity contribution is -0.135. The topological polar surface area (TPSA) is 61.9 Å². The summed E-state index contributed by atoms with van der Waals surface area (Å²) >= 11 is 0. The van der Waals surface area contributed by atoms with Gasteiger partial charge in [-0.2, -0.15) is 5.10 Å². The maximum absolute atomic E-state index is 12.1. The molecule has 0 spiro atoms. The molecule has 0 bridgehead atoms. The van der Waals surface area contributed by atoms with Gasteiger partial charge in [0.25, 0.3) is 0 Å². The molecule has 5 nitrogen and oxygen atoms in total. The zero-order valence-corrected chi connectivity index (χ0v) is 13.1. The quantitative estimate of drug-likeness (QED) is 0.947. The van der Waals surface area contributed by atoms with E-state index < -0.39 is 0 Å². The molecule has 1 aliphatic rings. The van der Waals surface area contributed by atoms with Crippen LogP contribution < -0.4 is 0 Å². The Morgan fingerprint density at radius 1 is 1.27 bits per heavy atom. The molecule has 0 aliphatic carbocycles. The van der Waals surface area contributed by atoms with Crippen LogP contribution in [0, 0.1) is 5.92 Å². The van der Waals surface area contributed by atoms with E-state index in [1.165, 1.54) is 5.69 Å². The summed E-state index contributed by atoms with van der Waals surface area (Å²) in [5.74, 6) is 0.773. The Morgan fingerprint density at radius 3 is 2.59 bits per heavy atom. The van der Waals surface area contributed by atoms with Crippen LogP contribution in [-0.4, -0.2) is 39.1 Å². The highest BCUT2D eigenvalue weighted by atomic mass is 16.2. The molecule has 3 rings (SSSR count). The van der Waals surface area contributed by atoms with Crippen molar-refractivity contribution in [1.29, 1.82) is 0 Å². The number of H-pyrrole nitrogens is 1. The summed E-state index contributed by atoms with van der Waals surface area (Å²) in [6.07, 6.45) is 7.46. The minimum Gasteiger partial charge on any atom is -0.342 e. The third-order valence-electron chi connectivity index (χ3n) is 4.37. The third kappa shape index (κ3) is 2.89. The van der Waals surface area contributed by atoms with Gasteiger partial charge in [0, 0.05) is 48.6 Å². The summed E-state index contributed by atoms with van der Waals surface area (Å²) in [6, 6.07) is 4.01. The highest BCUT2D eigenvalue weighted by molar-refractivity contribution is 5.78. The number of hydrogen-bond donors (Lipinski definition) is 1. The number of pyridine rings is 1. The van der Waals surface area contributed by atoms with Gasteiger partial charge in [-0.25, -0.2) is 0 Å². The normalized spacial score (nSPS) is 16.2. The number of amides is 1. The van der Waals surface area contributed by atoms with E-state index in [2.05, 4.69) is 15.2 Å². The van der Waals surface area contributed by atoms with Crippen LogP contribution >= 0.6 is 0 Å². The van der Waals surface area contributed by atoms with E-state index >= 15 is 0 Å². The highest BCUT2D eigenvalue weighted by Crippen LogP contribution is 2.33. The van der Waals surface area contributed by atoms with Crippen molar-refractivity contribution in [3.63, 3.8) is 0 Å². The second kappa shape index (κ2) is 6.30. The van der Waals surface area contributed by atoms with Crippen LogP contribution in [0.2, 0.25) is 0 Å². The number of nitrogens with zero attached hydrogens (tertiary/aromatic N) is 3. The summed E-state index contributed by atoms with van der Waals surface area (Å²) in [5.41, 5.74) is 3.47. The second-order valence-corrected chi connectivity index (χ2v) is 6.19. The average molecular weight is 298 g/mol. The highest BCUT2D eigenvalue weighted by Gasteiger charge is 2.27. The van der Waals surface area contributed by atoms with Gasteiger partial charge in [0.1, 0.15) is 0 Å². The summed E-state index contributed by atoms with van der Waals surface area (Å²) in [4.78, 5) is 18.1. The monoisotopic (exact) mass is 298 g/mol. The lowest BCUT2D eigenvalue weighted by atomic mass is 9.89.